The van der Waals surface area contributed by atoms with Gasteiger partial charge in [-0.05, 0) is 50.8 Å². The minimum atomic E-state index is -0.452. The fourth-order valence-corrected chi connectivity index (χ4v) is 4.39. The van der Waals surface area contributed by atoms with Crippen LogP contribution in [0.5, 0.6) is 11.5 Å². The number of carbonyl (C=O) groups is 1. The van der Waals surface area contributed by atoms with Crippen LogP contribution in [-0.2, 0) is 4.79 Å². The van der Waals surface area contributed by atoms with Crippen molar-refractivity contribution in [3.63, 3.8) is 0 Å². The second-order valence-electron chi connectivity index (χ2n) is 7.79. The summed E-state index contributed by atoms with van der Waals surface area (Å²) in [5, 5.41) is 11.4. The van der Waals surface area contributed by atoms with Crippen molar-refractivity contribution >= 4 is 44.4 Å². The molecule has 2 heterocycles. The van der Waals surface area contributed by atoms with E-state index in [9.17, 15) is 14.9 Å². The van der Waals surface area contributed by atoms with Crippen LogP contribution in [-0.4, -0.2) is 61.1 Å². The Balaban J connectivity index is 1.58. The summed E-state index contributed by atoms with van der Waals surface area (Å²) >= 11 is 1.43. The quantitative estimate of drug-likeness (QED) is 0.280. The van der Waals surface area contributed by atoms with E-state index in [0.717, 1.165) is 23.2 Å². The van der Waals surface area contributed by atoms with E-state index in [1.54, 1.807) is 23.1 Å². The Morgan fingerprint density at radius 1 is 1.15 bits per heavy atom. The molecule has 172 valence electrons. The largest absolute Gasteiger partial charge is 0.486 e. The van der Waals surface area contributed by atoms with Gasteiger partial charge in [0.2, 0.25) is 0 Å². The molecule has 2 aromatic carbocycles. The number of thiazole rings is 1. The third-order valence-corrected chi connectivity index (χ3v) is 6.09. The zero-order valence-electron chi connectivity index (χ0n) is 18.4. The number of non-ortho nitro benzene ring substituents is 1. The number of rotatable bonds is 8. The normalized spacial score (nSPS) is 13.1. The highest BCUT2D eigenvalue weighted by Crippen LogP contribution is 2.38. The molecule has 0 aliphatic carbocycles. The fourth-order valence-electron chi connectivity index (χ4n) is 3.38. The molecular weight excluding hydrogens is 444 g/mol. The van der Waals surface area contributed by atoms with Crippen molar-refractivity contribution in [3.05, 3.63) is 58.2 Å². The first-order valence-electron chi connectivity index (χ1n) is 10.5. The van der Waals surface area contributed by atoms with Crippen molar-refractivity contribution in [2.24, 2.45) is 0 Å². The van der Waals surface area contributed by atoms with Gasteiger partial charge < -0.3 is 14.4 Å². The maximum Gasteiger partial charge on any atom is 0.269 e. The second kappa shape index (κ2) is 9.97. The lowest BCUT2D eigenvalue weighted by Crippen LogP contribution is -2.32. The molecular formula is C23H24N4O5S. The smallest absolute Gasteiger partial charge is 0.269 e. The molecule has 9 nitrogen and oxygen atoms in total. The molecule has 1 aliphatic rings. The maximum absolute atomic E-state index is 13.1. The lowest BCUT2D eigenvalue weighted by molar-refractivity contribution is -0.384. The van der Waals surface area contributed by atoms with E-state index in [4.69, 9.17) is 14.5 Å². The number of nitro benzene ring substituents is 1. The fraction of sp³-hybridized carbons (Fsp3) is 0.304. The molecule has 0 atom stereocenters. The number of nitro groups is 1. The number of anilines is 1. The molecule has 0 unspecified atom stereocenters. The lowest BCUT2D eigenvalue weighted by atomic mass is 10.2. The van der Waals surface area contributed by atoms with E-state index in [1.165, 1.54) is 29.5 Å². The van der Waals surface area contributed by atoms with Gasteiger partial charge in [-0.15, -0.1) is 0 Å². The standard InChI is InChI=1S/C23H24N4O5S/c1-25(2)10-3-11-26(22(28)9-6-16-4-7-17(8-5-16)27(29)30)23-24-18-14-19-20(15-21(18)33-23)32-13-12-31-19/h4-9,14-15H,3,10-13H2,1-2H3. The van der Waals surface area contributed by atoms with Gasteiger partial charge in [-0.2, -0.15) is 0 Å². The molecule has 4 rings (SSSR count). The maximum atomic E-state index is 13.1. The van der Waals surface area contributed by atoms with Gasteiger partial charge in [0.05, 0.1) is 15.1 Å². The number of benzene rings is 2. The average Bonchev–Trinajstić information content (AvgIpc) is 3.21. The minimum Gasteiger partial charge on any atom is -0.486 e. The molecule has 1 amide bonds. The van der Waals surface area contributed by atoms with Crippen LogP contribution in [0.2, 0.25) is 0 Å². The number of hydrogen-bond acceptors (Lipinski definition) is 8. The van der Waals surface area contributed by atoms with E-state index in [0.29, 0.717) is 42.0 Å². The molecule has 0 radical (unpaired) electrons. The summed E-state index contributed by atoms with van der Waals surface area (Å²) in [6.45, 7) is 2.34. The summed E-state index contributed by atoms with van der Waals surface area (Å²) < 4.78 is 12.2. The number of amides is 1. The monoisotopic (exact) mass is 468 g/mol. The third kappa shape index (κ3) is 5.47. The van der Waals surface area contributed by atoms with Gasteiger partial charge in [-0.3, -0.25) is 19.8 Å². The van der Waals surface area contributed by atoms with Crippen LogP contribution in [0.25, 0.3) is 16.3 Å². The van der Waals surface area contributed by atoms with Crippen LogP contribution in [0, 0.1) is 10.1 Å². The number of aromatic nitrogens is 1. The number of nitrogens with zero attached hydrogens (tertiary/aromatic N) is 4. The van der Waals surface area contributed by atoms with Crippen LogP contribution >= 0.6 is 11.3 Å². The minimum absolute atomic E-state index is 0.00826. The van der Waals surface area contributed by atoms with E-state index in [1.807, 2.05) is 26.2 Å². The highest BCUT2D eigenvalue weighted by atomic mass is 32.1. The molecule has 0 N–H and O–H groups in total. The topological polar surface area (TPSA) is 98.0 Å². The number of carbonyl (C=O) groups excluding carboxylic acids is 1. The molecule has 0 bridgehead atoms. The summed E-state index contributed by atoms with van der Waals surface area (Å²) in [6, 6.07) is 9.80. The molecule has 1 aromatic heterocycles. The van der Waals surface area contributed by atoms with Crippen LogP contribution in [0.1, 0.15) is 12.0 Å². The lowest BCUT2D eigenvalue weighted by Gasteiger charge is -2.19. The number of hydrogen-bond donors (Lipinski definition) is 0. The first-order chi connectivity index (χ1) is 15.9. The Morgan fingerprint density at radius 3 is 2.52 bits per heavy atom. The predicted octanol–water partition coefficient (Wildman–Crippen LogP) is 3.97. The average molecular weight is 469 g/mol. The molecule has 1 aliphatic heterocycles. The van der Waals surface area contributed by atoms with Gasteiger partial charge in [0.15, 0.2) is 16.6 Å². The SMILES string of the molecule is CN(C)CCCN(C(=O)C=Cc1ccc([N+](=O)[O-])cc1)c1nc2cc3c(cc2s1)OCCO3. The van der Waals surface area contributed by atoms with Crippen molar-refractivity contribution in [3.8, 4) is 11.5 Å². The van der Waals surface area contributed by atoms with E-state index in [-0.39, 0.29) is 11.6 Å². The number of fused-ring (bicyclic) bond motifs is 2. The van der Waals surface area contributed by atoms with Crippen LogP contribution in [0.15, 0.2) is 42.5 Å². The van der Waals surface area contributed by atoms with Crippen molar-refractivity contribution in [2.45, 2.75) is 6.42 Å². The Bertz CT molecular complexity index is 1150. The molecule has 0 saturated carbocycles. The van der Waals surface area contributed by atoms with E-state index < -0.39 is 4.92 Å². The summed E-state index contributed by atoms with van der Waals surface area (Å²) in [7, 11) is 3.98. The summed E-state index contributed by atoms with van der Waals surface area (Å²) in [4.78, 5) is 31.9. The van der Waals surface area contributed by atoms with E-state index >= 15 is 0 Å². The van der Waals surface area contributed by atoms with Crippen LogP contribution in [0.4, 0.5) is 10.8 Å². The first-order valence-corrected chi connectivity index (χ1v) is 11.3. The Morgan fingerprint density at radius 2 is 1.85 bits per heavy atom. The van der Waals surface area contributed by atoms with Crippen LogP contribution in [0.3, 0.4) is 0 Å². The van der Waals surface area contributed by atoms with Gasteiger partial charge >= 0.3 is 0 Å². The first kappa shape index (κ1) is 22.7. The summed E-state index contributed by atoms with van der Waals surface area (Å²) in [5.74, 6) is 1.14. The molecule has 0 saturated heterocycles. The molecule has 0 fully saturated rings. The Labute approximate surface area is 195 Å². The zero-order chi connectivity index (χ0) is 23.4. The molecule has 3 aromatic rings. The molecule has 0 spiro atoms. The Hall–Kier alpha value is -3.50. The highest BCUT2D eigenvalue weighted by molar-refractivity contribution is 7.22. The van der Waals surface area contributed by atoms with Gasteiger partial charge in [0.1, 0.15) is 13.2 Å². The van der Waals surface area contributed by atoms with Crippen molar-refractivity contribution in [1.29, 1.82) is 0 Å². The third-order valence-electron chi connectivity index (χ3n) is 5.05. The van der Waals surface area contributed by atoms with Crippen molar-refractivity contribution in [2.75, 3.05) is 45.3 Å². The van der Waals surface area contributed by atoms with Crippen molar-refractivity contribution < 1.29 is 19.2 Å². The molecule has 33 heavy (non-hydrogen) atoms. The van der Waals surface area contributed by atoms with Gasteiger partial charge in [0.25, 0.3) is 11.6 Å². The summed E-state index contributed by atoms with van der Waals surface area (Å²) in [6.07, 6.45) is 3.90. The van der Waals surface area contributed by atoms with Gasteiger partial charge in [-0.1, -0.05) is 11.3 Å². The Kier molecular flexibility index (Phi) is 6.85. The van der Waals surface area contributed by atoms with Crippen LogP contribution < -0.4 is 14.4 Å². The van der Waals surface area contributed by atoms with Gasteiger partial charge in [0, 0.05) is 36.9 Å². The predicted molar refractivity (Wildman–Crippen MR) is 128 cm³/mol. The zero-order valence-corrected chi connectivity index (χ0v) is 19.2. The van der Waals surface area contributed by atoms with Gasteiger partial charge in [-0.25, -0.2) is 4.98 Å². The molecule has 10 heteroatoms. The van der Waals surface area contributed by atoms with E-state index in [2.05, 4.69) is 4.90 Å². The summed E-state index contributed by atoms with van der Waals surface area (Å²) in [5.41, 5.74) is 1.46. The second-order valence-corrected chi connectivity index (χ2v) is 8.80. The van der Waals surface area contributed by atoms with Crippen molar-refractivity contribution in [1.82, 2.24) is 9.88 Å². The number of ether oxygens (including phenoxy) is 2. The highest BCUT2D eigenvalue weighted by Gasteiger charge is 2.20.